The fraction of sp³-hybridized carbons (Fsp3) is 0.353. The molecule has 2 aliphatic rings. The average Bonchev–Trinajstić information content (AvgIpc) is 3.10. The average molecular weight is 405 g/mol. The van der Waals surface area contributed by atoms with Gasteiger partial charge in [0.1, 0.15) is 23.3 Å². The van der Waals surface area contributed by atoms with E-state index in [4.69, 9.17) is 14.6 Å². The first-order valence-corrected chi connectivity index (χ1v) is 9.32. The molecular weight excluding hydrogens is 386 g/mol. The lowest BCUT2D eigenvalue weighted by molar-refractivity contribution is -0.118. The van der Waals surface area contributed by atoms with E-state index in [2.05, 4.69) is 20.4 Å². The summed E-state index contributed by atoms with van der Waals surface area (Å²) in [5, 5.41) is 17.5. The number of anilines is 1. The third-order valence-electron chi connectivity index (χ3n) is 3.90. The molecule has 0 aromatic heterocycles. The number of nitrogens with one attached hydrogen (secondary N) is 1. The van der Waals surface area contributed by atoms with Gasteiger partial charge in [0.2, 0.25) is 5.91 Å². The highest BCUT2D eigenvalue weighted by atomic mass is 32.2. The Bertz CT molecular complexity index is 869. The number of aliphatic hydroxyl groups excluding tert-OH is 1. The second-order valence-corrected chi connectivity index (χ2v) is 6.64. The van der Waals surface area contributed by atoms with Crippen molar-refractivity contribution >= 4 is 46.5 Å². The van der Waals surface area contributed by atoms with Crippen molar-refractivity contribution in [1.29, 1.82) is 0 Å². The van der Waals surface area contributed by atoms with Gasteiger partial charge in [-0.05, 0) is 12.1 Å². The quantitative estimate of drug-likeness (QED) is 0.680. The summed E-state index contributed by atoms with van der Waals surface area (Å²) in [5.74, 6) is 0.130. The molecule has 1 atom stereocenters. The number of ether oxygens (including phenoxy) is 2. The first kappa shape index (κ1) is 19.8. The van der Waals surface area contributed by atoms with E-state index >= 15 is 0 Å². The van der Waals surface area contributed by atoms with E-state index in [0.29, 0.717) is 23.0 Å². The molecule has 0 spiro atoms. The number of carbonyl (C=O) groups excluding carboxylic acids is 2. The molecule has 1 aromatic rings. The molecule has 0 aliphatic carbocycles. The number of thioether (sulfide) groups is 1. The third-order valence-corrected chi connectivity index (χ3v) is 4.75. The summed E-state index contributed by atoms with van der Waals surface area (Å²) in [4.78, 5) is 32.7. The number of aliphatic imine (C=N–C) groups is 2. The number of carbonyl (C=O) groups is 2. The largest absolute Gasteiger partial charge is 0.497 e. The number of hydrogen-bond acceptors (Lipinski definition) is 9. The zero-order valence-corrected chi connectivity index (χ0v) is 16.1. The minimum atomic E-state index is -0.634. The Morgan fingerprint density at radius 2 is 2.14 bits per heavy atom. The van der Waals surface area contributed by atoms with E-state index in [1.165, 1.54) is 25.4 Å². The van der Waals surface area contributed by atoms with Crippen LogP contribution in [0.5, 0.6) is 11.5 Å². The van der Waals surface area contributed by atoms with Crippen molar-refractivity contribution in [2.45, 2.75) is 0 Å². The maximum atomic E-state index is 12.3. The molecule has 0 saturated carbocycles. The number of fused-ring (bicyclic) bond motifs is 1. The summed E-state index contributed by atoms with van der Waals surface area (Å²) in [6, 6.07) is 5.06. The summed E-state index contributed by atoms with van der Waals surface area (Å²) in [7, 11) is 3.03. The molecule has 2 heterocycles. The Labute approximate surface area is 165 Å². The van der Waals surface area contributed by atoms with Gasteiger partial charge in [-0.3, -0.25) is 9.59 Å². The highest BCUT2D eigenvalue weighted by Gasteiger charge is 2.35. The first-order valence-electron chi connectivity index (χ1n) is 8.34. The van der Waals surface area contributed by atoms with Gasteiger partial charge < -0.3 is 19.9 Å². The maximum absolute atomic E-state index is 12.3. The van der Waals surface area contributed by atoms with Gasteiger partial charge >= 0.3 is 0 Å². The van der Waals surface area contributed by atoms with E-state index < -0.39 is 11.8 Å². The van der Waals surface area contributed by atoms with E-state index in [0.717, 1.165) is 11.8 Å². The van der Waals surface area contributed by atoms with Gasteiger partial charge in [-0.15, -0.1) is 0 Å². The Kier molecular flexibility index (Phi) is 6.26. The molecule has 28 heavy (non-hydrogen) atoms. The Hall–Kier alpha value is -2.92. The van der Waals surface area contributed by atoms with Crippen LogP contribution >= 0.6 is 11.8 Å². The van der Waals surface area contributed by atoms with Crippen LogP contribution in [0.4, 0.5) is 5.69 Å². The Morgan fingerprint density at radius 3 is 2.86 bits per heavy atom. The molecule has 148 valence electrons. The van der Waals surface area contributed by atoms with Crippen LogP contribution in [-0.4, -0.2) is 72.3 Å². The molecule has 2 N–H and O–H groups in total. The van der Waals surface area contributed by atoms with Gasteiger partial charge in [-0.25, -0.2) is 10.0 Å². The first-order chi connectivity index (χ1) is 13.5. The number of methoxy groups -OCH3 is 2. The SMILES string of the molecule is COc1ccc(OC)c(NC(=O)CSC2=NC(=O)C3C=NN(CCO)C3=N2)c1. The predicted molar refractivity (Wildman–Crippen MR) is 106 cm³/mol. The molecule has 2 amide bonds. The van der Waals surface area contributed by atoms with E-state index in [-0.39, 0.29) is 30.0 Å². The topological polar surface area (TPSA) is 125 Å². The van der Waals surface area contributed by atoms with Gasteiger partial charge in [-0.1, -0.05) is 11.8 Å². The minimum Gasteiger partial charge on any atom is -0.497 e. The van der Waals surface area contributed by atoms with Crippen molar-refractivity contribution in [1.82, 2.24) is 5.01 Å². The number of hydrogen-bond donors (Lipinski definition) is 2. The van der Waals surface area contributed by atoms with Crippen LogP contribution in [0.1, 0.15) is 0 Å². The number of rotatable bonds is 7. The monoisotopic (exact) mass is 405 g/mol. The molecule has 0 fully saturated rings. The molecule has 3 rings (SSSR count). The van der Waals surface area contributed by atoms with E-state index in [1.54, 1.807) is 18.2 Å². The van der Waals surface area contributed by atoms with Crippen molar-refractivity contribution in [3.8, 4) is 11.5 Å². The second-order valence-electron chi connectivity index (χ2n) is 5.69. The number of β-amino-alcohol motifs (C(OH)–C–C–N with tert-alkyl or cyclic N) is 1. The van der Waals surface area contributed by atoms with Crippen LogP contribution < -0.4 is 14.8 Å². The van der Waals surface area contributed by atoms with Crippen molar-refractivity contribution in [3.63, 3.8) is 0 Å². The van der Waals surface area contributed by atoms with Crippen LogP contribution in [0.2, 0.25) is 0 Å². The van der Waals surface area contributed by atoms with Gasteiger partial charge in [0.15, 0.2) is 5.17 Å². The van der Waals surface area contributed by atoms with E-state index in [9.17, 15) is 9.59 Å². The molecule has 10 nitrogen and oxygen atoms in total. The minimum absolute atomic E-state index is 0.00518. The smallest absolute Gasteiger partial charge is 0.264 e. The van der Waals surface area contributed by atoms with Gasteiger partial charge in [0.25, 0.3) is 5.91 Å². The number of amidine groups is 2. The van der Waals surface area contributed by atoms with Crippen LogP contribution in [0.25, 0.3) is 0 Å². The highest BCUT2D eigenvalue weighted by Crippen LogP contribution is 2.29. The van der Waals surface area contributed by atoms with E-state index in [1.807, 2.05) is 0 Å². The summed E-state index contributed by atoms with van der Waals surface area (Å²) in [5.41, 5.74) is 0.471. The number of hydrazone groups is 1. The number of amides is 2. The normalized spacial score (nSPS) is 17.8. The van der Waals surface area contributed by atoms with Crippen molar-refractivity contribution in [2.75, 3.05) is 38.4 Å². The lowest BCUT2D eigenvalue weighted by Gasteiger charge is -2.19. The van der Waals surface area contributed by atoms with Crippen molar-refractivity contribution in [2.24, 2.45) is 21.0 Å². The predicted octanol–water partition coefficient (Wildman–Crippen LogP) is 0.580. The van der Waals surface area contributed by atoms with Gasteiger partial charge in [0, 0.05) is 12.3 Å². The molecule has 1 unspecified atom stereocenters. The van der Waals surface area contributed by atoms with Crippen molar-refractivity contribution in [3.05, 3.63) is 18.2 Å². The number of nitrogens with zero attached hydrogens (tertiary/aromatic N) is 4. The number of benzene rings is 1. The highest BCUT2D eigenvalue weighted by molar-refractivity contribution is 8.14. The second kappa shape index (κ2) is 8.85. The lowest BCUT2D eigenvalue weighted by atomic mass is 10.1. The lowest BCUT2D eigenvalue weighted by Crippen LogP contribution is -2.35. The van der Waals surface area contributed by atoms with Crippen LogP contribution in [0.3, 0.4) is 0 Å². The fourth-order valence-corrected chi connectivity index (χ4v) is 3.23. The Balaban J connectivity index is 1.64. The van der Waals surface area contributed by atoms with Crippen LogP contribution in [0, 0.1) is 5.92 Å². The molecule has 0 bridgehead atoms. The standard InChI is InChI=1S/C17H19N5O5S/c1-26-10-3-4-13(27-2)12(7-10)19-14(24)9-28-17-20-15-11(16(25)21-17)8-18-22(15)5-6-23/h3-4,7-8,11,23H,5-6,9H2,1-2H3,(H,19,24). The van der Waals surface area contributed by atoms with Gasteiger partial charge in [0.05, 0.1) is 38.8 Å². The molecular formula is C17H19N5O5S. The molecule has 0 radical (unpaired) electrons. The zero-order chi connectivity index (χ0) is 20.1. The number of aliphatic hydroxyl groups is 1. The summed E-state index contributed by atoms with van der Waals surface area (Å²) in [6.45, 7) is 0.106. The fourth-order valence-electron chi connectivity index (χ4n) is 2.58. The van der Waals surface area contributed by atoms with Crippen LogP contribution in [-0.2, 0) is 9.59 Å². The summed E-state index contributed by atoms with van der Waals surface area (Å²) in [6.07, 6.45) is 1.45. The van der Waals surface area contributed by atoms with Gasteiger partial charge in [-0.2, -0.15) is 10.1 Å². The maximum Gasteiger partial charge on any atom is 0.264 e. The molecule has 2 aliphatic heterocycles. The molecule has 11 heteroatoms. The van der Waals surface area contributed by atoms with Crippen molar-refractivity contribution < 1.29 is 24.2 Å². The third kappa shape index (κ3) is 4.31. The molecule has 1 aromatic carbocycles. The summed E-state index contributed by atoms with van der Waals surface area (Å²) >= 11 is 1.03. The van der Waals surface area contributed by atoms with Crippen LogP contribution in [0.15, 0.2) is 33.3 Å². The Morgan fingerprint density at radius 1 is 1.32 bits per heavy atom. The molecule has 0 saturated heterocycles. The summed E-state index contributed by atoms with van der Waals surface area (Å²) < 4.78 is 10.4. The zero-order valence-electron chi connectivity index (χ0n) is 15.3.